The molecule has 1 aromatic heterocycles. The Kier molecular flexibility index (Phi) is 4.84. The predicted molar refractivity (Wildman–Crippen MR) is 74.4 cm³/mol. The highest BCUT2D eigenvalue weighted by Gasteiger charge is 2.13. The topological polar surface area (TPSA) is 29.9 Å². The van der Waals surface area contributed by atoms with Gasteiger partial charge in [0.1, 0.15) is 11.6 Å². The SMILES string of the molecule is Cc1cc(F)c(C(C)NCCCn2cccn2)cc1F. The molecule has 0 saturated carbocycles. The third kappa shape index (κ3) is 3.63. The number of nitrogens with zero attached hydrogens (tertiary/aromatic N) is 2. The van der Waals surface area contributed by atoms with E-state index in [0.717, 1.165) is 19.5 Å². The molecular formula is C15H19F2N3. The predicted octanol–water partition coefficient (Wildman–Crippen LogP) is 3.21. The van der Waals surface area contributed by atoms with Gasteiger partial charge in [-0.25, -0.2) is 8.78 Å². The van der Waals surface area contributed by atoms with Crippen LogP contribution in [0.2, 0.25) is 0 Å². The van der Waals surface area contributed by atoms with Crippen molar-refractivity contribution >= 4 is 0 Å². The molecule has 0 aliphatic heterocycles. The third-order valence-corrected chi connectivity index (χ3v) is 3.32. The van der Waals surface area contributed by atoms with Gasteiger partial charge in [0.2, 0.25) is 0 Å². The molecule has 1 unspecified atom stereocenters. The Balaban J connectivity index is 1.85. The van der Waals surface area contributed by atoms with Crippen molar-refractivity contribution in [3.63, 3.8) is 0 Å². The number of nitrogens with one attached hydrogen (secondary N) is 1. The Morgan fingerprint density at radius 1 is 1.30 bits per heavy atom. The van der Waals surface area contributed by atoms with E-state index in [2.05, 4.69) is 10.4 Å². The molecule has 1 atom stereocenters. The molecule has 1 aromatic carbocycles. The number of hydrogen-bond donors (Lipinski definition) is 1. The van der Waals surface area contributed by atoms with Gasteiger partial charge >= 0.3 is 0 Å². The number of aromatic nitrogens is 2. The summed E-state index contributed by atoms with van der Waals surface area (Å²) in [5.74, 6) is -0.734. The lowest BCUT2D eigenvalue weighted by atomic mass is 10.0. The van der Waals surface area contributed by atoms with Crippen LogP contribution in [0.3, 0.4) is 0 Å². The first-order chi connectivity index (χ1) is 9.58. The minimum Gasteiger partial charge on any atom is -0.310 e. The van der Waals surface area contributed by atoms with Crippen LogP contribution in [0, 0.1) is 18.6 Å². The van der Waals surface area contributed by atoms with Crippen molar-refractivity contribution in [2.24, 2.45) is 0 Å². The van der Waals surface area contributed by atoms with Gasteiger partial charge in [0.05, 0.1) is 0 Å². The van der Waals surface area contributed by atoms with Crippen LogP contribution in [0.15, 0.2) is 30.6 Å². The van der Waals surface area contributed by atoms with Crippen LogP contribution in [0.1, 0.15) is 30.5 Å². The molecule has 2 aromatic rings. The second-order valence-electron chi connectivity index (χ2n) is 4.92. The van der Waals surface area contributed by atoms with Crippen LogP contribution in [0.25, 0.3) is 0 Å². The Labute approximate surface area is 117 Å². The largest absolute Gasteiger partial charge is 0.310 e. The first-order valence-electron chi connectivity index (χ1n) is 6.74. The molecule has 1 heterocycles. The molecule has 5 heteroatoms. The summed E-state index contributed by atoms with van der Waals surface area (Å²) in [5.41, 5.74) is 0.698. The summed E-state index contributed by atoms with van der Waals surface area (Å²) in [7, 11) is 0. The van der Waals surface area contributed by atoms with Gasteiger partial charge < -0.3 is 5.32 Å². The molecule has 0 amide bonds. The maximum Gasteiger partial charge on any atom is 0.128 e. The quantitative estimate of drug-likeness (QED) is 0.823. The molecule has 20 heavy (non-hydrogen) atoms. The van der Waals surface area contributed by atoms with Crippen LogP contribution >= 0.6 is 0 Å². The third-order valence-electron chi connectivity index (χ3n) is 3.32. The van der Waals surface area contributed by atoms with Crippen molar-refractivity contribution in [2.45, 2.75) is 32.9 Å². The zero-order valence-electron chi connectivity index (χ0n) is 11.7. The molecule has 0 aliphatic rings. The average Bonchev–Trinajstić information content (AvgIpc) is 2.92. The highest BCUT2D eigenvalue weighted by atomic mass is 19.1. The van der Waals surface area contributed by atoms with Gasteiger partial charge in [-0.2, -0.15) is 5.10 Å². The molecule has 2 rings (SSSR count). The molecule has 3 nitrogen and oxygen atoms in total. The molecule has 0 bridgehead atoms. The minimum atomic E-state index is -0.369. The number of halogens is 2. The van der Waals surface area contributed by atoms with Gasteiger partial charge in [0.25, 0.3) is 0 Å². The number of benzene rings is 1. The van der Waals surface area contributed by atoms with Crippen LogP contribution < -0.4 is 5.32 Å². The van der Waals surface area contributed by atoms with Gasteiger partial charge in [-0.15, -0.1) is 0 Å². The lowest BCUT2D eigenvalue weighted by molar-refractivity contribution is 0.486. The second kappa shape index (κ2) is 6.61. The summed E-state index contributed by atoms with van der Waals surface area (Å²) in [6.07, 6.45) is 4.51. The summed E-state index contributed by atoms with van der Waals surface area (Å²) in [6, 6.07) is 4.17. The molecule has 108 valence electrons. The van der Waals surface area contributed by atoms with Crippen LogP contribution in [0.4, 0.5) is 8.78 Å². The summed E-state index contributed by atoms with van der Waals surface area (Å²) in [6.45, 7) is 4.92. The highest BCUT2D eigenvalue weighted by molar-refractivity contribution is 5.27. The van der Waals surface area contributed by atoms with E-state index in [9.17, 15) is 8.78 Å². The van der Waals surface area contributed by atoms with Crippen molar-refractivity contribution in [3.8, 4) is 0 Å². The first kappa shape index (κ1) is 14.7. The number of rotatable bonds is 6. The second-order valence-corrected chi connectivity index (χ2v) is 4.92. The summed E-state index contributed by atoms with van der Waals surface area (Å²) in [4.78, 5) is 0. The Bertz CT molecular complexity index is 552. The fourth-order valence-corrected chi connectivity index (χ4v) is 2.10. The molecule has 0 spiro atoms. The monoisotopic (exact) mass is 279 g/mol. The van der Waals surface area contributed by atoms with Gasteiger partial charge in [0.15, 0.2) is 0 Å². The smallest absolute Gasteiger partial charge is 0.128 e. The zero-order valence-corrected chi connectivity index (χ0v) is 11.7. The summed E-state index contributed by atoms with van der Waals surface area (Å²) < 4.78 is 29.1. The Morgan fingerprint density at radius 2 is 2.10 bits per heavy atom. The van der Waals surface area contributed by atoms with Gasteiger partial charge in [-0.05, 0) is 50.6 Å². The standard InChI is InChI=1S/C15H19F2N3/c1-11-9-15(17)13(10-14(11)16)12(2)18-5-3-7-20-8-4-6-19-20/h4,6,8-10,12,18H,3,5,7H2,1-2H3. The number of hydrogen-bond acceptors (Lipinski definition) is 2. The number of aryl methyl sites for hydroxylation is 2. The average molecular weight is 279 g/mol. The molecular weight excluding hydrogens is 260 g/mol. The van der Waals surface area contributed by atoms with Crippen LogP contribution in [-0.4, -0.2) is 16.3 Å². The minimum absolute atomic E-state index is 0.220. The molecule has 1 N–H and O–H groups in total. The van der Waals surface area contributed by atoms with E-state index < -0.39 is 0 Å². The van der Waals surface area contributed by atoms with Crippen LogP contribution in [-0.2, 0) is 6.54 Å². The van der Waals surface area contributed by atoms with E-state index in [0.29, 0.717) is 11.1 Å². The van der Waals surface area contributed by atoms with Crippen molar-refractivity contribution in [3.05, 3.63) is 53.4 Å². The lowest BCUT2D eigenvalue weighted by Crippen LogP contribution is -2.22. The van der Waals surface area contributed by atoms with Crippen molar-refractivity contribution in [2.75, 3.05) is 6.54 Å². The molecule has 0 fully saturated rings. The zero-order chi connectivity index (χ0) is 14.5. The maximum absolute atomic E-state index is 13.8. The van der Waals surface area contributed by atoms with Gasteiger partial charge in [-0.3, -0.25) is 4.68 Å². The molecule has 0 saturated heterocycles. The molecule has 0 radical (unpaired) electrons. The van der Waals surface area contributed by atoms with E-state index in [1.54, 1.807) is 13.1 Å². The maximum atomic E-state index is 13.8. The van der Waals surface area contributed by atoms with Crippen molar-refractivity contribution < 1.29 is 8.78 Å². The van der Waals surface area contributed by atoms with E-state index in [1.165, 1.54) is 12.1 Å². The van der Waals surface area contributed by atoms with E-state index >= 15 is 0 Å². The van der Waals surface area contributed by atoms with E-state index in [4.69, 9.17) is 0 Å². The fraction of sp³-hybridized carbons (Fsp3) is 0.400. The summed E-state index contributed by atoms with van der Waals surface area (Å²) in [5, 5.41) is 7.31. The highest BCUT2D eigenvalue weighted by Crippen LogP contribution is 2.20. The van der Waals surface area contributed by atoms with Gasteiger partial charge in [-0.1, -0.05) is 0 Å². The van der Waals surface area contributed by atoms with E-state index in [1.807, 2.05) is 23.9 Å². The fourth-order valence-electron chi connectivity index (χ4n) is 2.10. The Hall–Kier alpha value is -1.75. The molecule has 0 aliphatic carbocycles. The van der Waals surface area contributed by atoms with Crippen molar-refractivity contribution in [1.29, 1.82) is 0 Å². The van der Waals surface area contributed by atoms with E-state index in [-0.39, 0.29) is 17.7 Å². The summed E-state index contributed by atoms with van der Waals surface area (Å²) >= 11 is 0. The van der Waals surface area contributed by atoms with Gasteiger partial charge in [0, 0.05) is 30.5 Å². The normalized spacial score (nSPS) is 12.6. The lowest BCUT2D eigenvalue weighted by Gasteiger charge is -2.16. The Morgan fingerprint density at radius 3 is 2.80 bits per heavy atom. The van der Waals surface area contributed by atoms with Crippen molar-refractivity contribution in [1.82, 2.24) is 15.1 Å². The first-order valence-corrected chi connectivity index (χ1v) is 6.74. The van der Waals surface area contributed by atoms with Crippen LogP contribution in [0.5, 0.6) is 0 Å².